The van der Waals surface area contributed by atoms with E-state index in [1.54, 1.807) is 17.2 Å². The molecule has 2 amide bonds. The minimum absolute atomic E-state index is 0.0437. The molecular weight excluding hydrogens is 426 g/mol. The molecule has 9 heteroatoms. The molecule has 1 aromatic carbocycles. The van der Waals surface area contributed by atoms with Gasteiger partial charge in [0.05, 0.1) is 6.61 Å². The molecule has 0 saturated carbocycles. The van der Waals surface area contributed by atoms with Crippen molar-refractivity contribution in [2.75, 3.05) is 13.2 Å². The van der Waals surface area contributed by atoms with Gasteiger partial charge < -0.3 is 25.2 Å². The minimum Gasteiger partial charge on any atom is -0.480 e. The summed E-state index contributed by atoms with van der Waals surface area (Å²) in [5.41, 5.74) is 1.36. The van der Waals surface area contributed by atoms with E-state index in [-0.39, 0.29) is 24.3 Å². The molecule has 1 aromatic heterocycles. The van der Waals surface area contributed by atoms with Crippen molar-refractivity contribution in [2.45, 2.75) is 50.9 Å². The lowest BCUT2D eigenvalue weighted by Crippen LogP contribution is -2.48. The maximum atomic E-state index is 12.9. The number of hydrogen-bond acceptors (Lipinski definition) is 5. The van der Waals surface area contributed by atoms with Crippen LogP contribution in [0.3, 0.4) is 0 Å². The molecule has 0 aliphatic carbocycles. The van der Waals surface area contributed by atoms with E-state index in [1.807, 2.05) is 18.2 Å². The summed E-state index contributed by atoms with van der Waals surface area (Å²) < 4.78 is 7.07. The summed E-state index contributed by atoms with van der Waals surface area (Å²) in [5.74, 6) is -1.80. The quantitative estimate of drug-likeness (QED) is 0.522. The summed E-state index contributed by atoms with van der Waals surface area (Å²) in [7, 11) is 0. The number of carboxylic acids is 1. The minimum atomic E-state index is -1.40. The zero-order valence-corrected chi connectivity index (χ0v) is 18.6. The van der Waals surface area contributed by atoms with Gasteiger partial charge in [-0.05, 0) is 30.9 Å². The van der Waals surface area contributed by atoms with Crippen molar-refractivity contribution >= 4 is 18.0 Å². The summed E-state index contributed by atoms with van der Waals surface area (Å²) >= 11 is 0. The first-order valence-corrected chi connectivity index (χ1v) is 11.0. The Bertz CT molecular complexity index is 968. The van der Waals surface area contributed by atoms with Gasteiger partial charge in [-0.15, -0.1) is 0 Å². The van der Waals surface area contributed by atoms with Crippen molar-refractivity contribution in [1.29, 1.82) is 0 Å². The highest BCUT2D eigenvalue weighted by molar-refractivity contribution is 5.96. The van der Waals surface area contributed by atoms with Gasteiger partial charge in [0, 0.05) is 24.6 Å². The largest absolute Gasteiger partial charge is 0.480 e. The van der Waals surface area contributed by atoms with Crippen molar-refractivity contribution in [3.05, 3.63) is 66.0 Å². The molecule has 1 fully saturated rings. The van der Waals surface area contributed by atoms with Crippen LogP contribution in [0.15, 0.2) is 54.9 Å². The number of carbonyl (C=O) groups excluding carboxylic acids is 2. The van der Waals surface area contributed by atoms with Crippen LogP contribution in [0.1, 0.15) is 48.0 Å². The normalized spacial score (nSPS) is 17.6. The number of aliphatic hydroxyl groups is 1. The van der Waals surface area contributed by atoms with E-state index in [0.29, 0.717) is 6.54 Å². The van der Waals surface area contributed by atoms with E-state index in [9.17, 15) is 14.4 Å². The number of piperidine rings is 1. The number of amides is 2. The molecule has 1 aliphatic rings. The first-order valence-electron chi connectivity index (χ1n) is 11.0. The molecule has 0 radical (unpaired) electrons. The second kappa shape index (κ2) is 11.4. The highest BCUT2D eigenvalue weighted by Crippen LogP contribution is 2.30. The average molecular weight is 457 g/mol. The molecule has 176 valence electrons. The molecule has 9 nitrogen and oxygen atoms in total. The number of aliphatic carboxylic acids is 1. The van der Waals surface area contributed by atoms with Crippen LogP contribution in [-0.4, -0.2) is 58.3 Å². The standard InChI is InChI=1S/C24H29N3O6/c1-17(18-8-3-2-4-9-18)21-11-5-6-13-27(21)24(32)33-16-26-12-7-10-19(14-26)22(29)25-20(15-28)23(30)31/h2-4,7-10,12,14,17,20-21,28H,5-6,11,13,15-16H2,1H3,(H-,25,29,30,31)/p+1/t17-,20+,21-/m1/s1. The zero-order valence-electron chi connectivity index (χ0n) is 18.6. The molecule has 0 spiro atoms. The lowest BCUT2D eigenvalue weighted by Gasteiger charge is -2.38. The van der Waals surface area contributed by atoms with E-state index in [4.69, 9.17) is 14.9 Å². The first kappa shape index (κ1) is 24.2. The average Bonchev–Trinajstić information content (AvgIpc) is 2.85. The number of nitrogens with one attached hydrogen (secondary N) is 1. The number of benzene rings is 1. The van der Waals surface area contributed by atoms with Crippen LogP contribution in [-0.2, 0) is 16.3 Å². The molecular formula is C24H30N3O6+. The number of rotatable bonds is 8. The zero-order chi connectivity index (χ0) is 23.8. The molecule has 3 atom stereocenters. The Labute approximate surface area is 192 Å². The van der Waals surface area contributed by atoms with E-state index >= 15 is 0 Å². The van der Waals surface area contributed by atoms with E-state index in [1.165, 1.54) is 22.4 Å². The number of likely N-dealkylation sites (tertiary alicyclic amines) is 1. The van der Waals surface area contributed by atoms with Gasteiger partial charge in [0.2, 0.25) is 0 Å². The van der Waals surface area contributed by atoms with Crippen LogP contribution in [0.5, 0.6) is 0 Å². The second-order valence-corrected chi connectivity index (χ2v) is 8.15. The third-order valence-corrected chi connectivity index (χ3v) is 5.93. The van der Waals surface area contributed by atoms with Gasteiger partial charge in [0.25, 0.3) is 12.6 Å². The fourth-order valence-corrected chi connectivity index (χ4v) is 4.06. The number of aliphatic hydroxyl groups excluding tert-OH is 1. The van der Waals surface area contributed by atoms with Crippen LogP contribution in [0.2, 0.25) is 0 Å². The Morgan fingerprint density at radius 2 is 1.94 bits per heavy atom. The Morgan fingerprint density at radius 1 is 1.18 bits per heavy atom. The molecule has 1 saturated heterocycles. The van der Waals surface area contributed by atoms with Crippen LogP contribution in [0, 0.1) is 0 Å². The van der Waals surface area contributed by atoms with Gasteiger partial charge in [-0.3, -0.25) is 4.79 Å². The summed E-state index contributed by atoms with van der Waals surface area (Å²) in [6, 6.07) is 11.9. The fraction of sp³-hybridized carbons (Fsp3) is 0.417. The maximum Gasteiger partial charge on any atom is 0.414 e. The number of nitrogens with zero attached hydrogens (tertiary/aromatic N) is 2. The molecule has 33 heavy (non-hydrogen) atoms. The number of aromatic nitrogens is 1. The van der Waals surface area contributed by atoms with Crippen molar-refractivity contribution in [1.82, 2.24) is 10.2 Å². The third-order valence-electron chi connectivity index (χ3n) is 5.93. The lowest BCUT2D eigenvalue weighted by atomic mass is 9.87. The highest BCUT2D eigenvalue weighted by atomic mass is 16.6. The molecule has 3 N–H and O–H groups in total. The topological polar surface area (TPSA) is 120 Å². The fourth-order valence-electron chi connectivity index (χ4n) is 4.06. The van der Waals surface area contributed by atoms with Crippen LogP contribution in [0.25, 0.3) is 0 Å². The van der Waals surface area contributed by atoms with E-state index in [2.05, 4.69) is 24.4 Å². The molecule has 0 bridgehead atoms. The Hall–Kier alpha value is -3.46. The van der Waals surface area contributed by atoms with Crippen molar-refractivity contribution in [2.24, 2.45) is 0 Å². The first-order chi connectivity index (χ1) is 15.9. The summed E-state index contributed by atoms with van der Waals surface area (Å²) in [6.45, 7) is 1.94. The van der Waals surface area contributed by atoms with Gasteiger partial charge in [0.1, 0.15) is 5.56 Å². The molecule has 2 heterocycles. The lowest BCUT2D eigenvalue weighted by molar-refractivity contribution is -0.727. The monoisotopic (exact) mass is 456 g/mol. The predicted molar refractivity (Wildman–Crippen MR) is 118 cm³/mol. The third kappa shape index (κ3) is 6.29. The number of pyridine rings is 1. The Kier molecular flexibility index (Phi) is 8.37. The number of hydrogen-bond donors (Lipinski definition) is 3. The Morgan fingerprint density at radius 3 is 2.64 bits per heavy atom. The van der Waals surface area contributed by atoms with Crippen LogP contribution >= 0.6 is 0 Å². The van der Waals surface area contributed by atoms with Crippen LogP contribution < -0.4 is 9.88 Å². The van der Waals surface area contributed by atoms with Gasteiger partial charge in [0.15, 0.2) is 18.4 Å². The van der Waals surface area contributed by atoms with Gasteiger partial charge in [-0.1, -0.05) is 37.3 Å². The number of ether oxygens (including phenoxy) is 1. The molecule has 3 rings (SSSR count). The number of carboxylic acid groups (broad SMARTS) is 1. The van der Waals surface area contributed by atoms with Crippen molar-refractivity contribution in [3.63, 3.8) is 0 Å². The SMILES string of the molecule is C[C@H](c1ccccc1)[C@H]1CCCCN1C(=O)OC[n+]1cccc(C(=O)N[C@@H](CO)C(=O)O)c1. The van der Waals surface area contributed by atoms with E-state index < -0.39 is 30.6 Å². The van der Waals surface area contributed by atoms with Gasteiger partial charge >= 0.3 is 12.1 Å². The molecule has 2 aromatic rings. The molecule has 1 aliphatic heterocycles. The van der Waals surface area contributed by atoms with Crippen molar-refractivity contribution < 1.29 is 33.9 Å². The summed E-state index contributed by atoms with van der Waals surface area (Å²) in [4.78, 5) is 38.0. The second-order valence-electron chi connectivity index (χ2n) is 8.15. The van der Waals surface area contributed by atoms with Crippen LogP contribution in [0.4, 0.5) is 4.79 Å². The van der Waals surface area contributed by atoms with E-state index in [0.717, 1.165) is 19.3 Å². The summed E-state index contributed by atoms with van der Waals surface area (Å²) in [5, 5.41) is 20.3. The predicted octanol–water partition coefficient (Wildman–Crippen LogP) is 1.90. The number of carbonyl (C=O) groups is 3. The van der Waals surface area contributed by atoms with Gasteiger partial charge in [-0.25, -0.2) is 9.59 Å². The Balaban J connectivity index is 1.63. The molecule has 0 unspecified atom stereocenters. The smallest absolute Gasteiger partial charge is 0.414 e. The van der Waals surface area contributed by atoms with Gasteiger partial charge in [-0.2, -0.15) is 4.57 Å². The van der Waals surface area contributed by atoms with Crippen molar-refractivity contribution in [3.8, 4) is 0 Å². The summed E-state index contributed by atoms with van der Waals surface area (Å²) in [6.07, 6.45) is 5.58. The highest BCUT2D eigenvalue weighted by Gasteiger charge is 2.33. The maximum absolute atomic E-state index is 12.9.